The molecule has 0 fully saturated rings. The van der Waals surface area contributed by atoms with E-state index in [-0.39, 0.29) is 17.0 Å². The van der Waals surface area contributed by atoms with Gasteiger partial charge in [-0.1, -0.05) is 18.1 Å². The fourth-order valence-corrected chi connectivity index (χ4v) is 2.34. The molecule has 1 amide bonds. The van der Waals surface area contributed by atoms with Gasteiger partial charge in [-0.15, -0.1) is 18.2 Å². The van der Waals surface area contributed by atoms with Gasteiger partial charge in [0.2, 0.25) is 0 Å². The molecule has 0 radical (unpaired) electrons. The smallest absolute Gasteiger partial charge is 0.336 e. The molecule has 0 spiro atoms. The predicted octanol–water partition coefficient (Wildman–Crippen LogP) is 2.10. The number of hydrogen-bond donors (Lipinski definition) is 2. The number of rotatable bonds is 6. The number of aryl methyl sites for hydroxylation is 2. The number of carbonyl (C=O) groups excluding carboxylic acids is 1. The first-order valence-electron chi connectivity index (χ1n) is 6.12. The molecule has 20 heavy (non-hydrogen) atoms. The van der Waals surface area contributed by atoms with E-state index in [1.54, 1.807) is 37.7 Å². The van der Waals surface area contributed by atoms with Gasteiger partial charge in [0.1, 0.15) is 0 Å². The van der Waals surface area contributed by atoms with E-state index >= 15 is 0 Å². The fraction of sp³-hybridized carbons (Fsp3) is 0.333. The molecule has 0 aliphatic rings. The number of aromatic carboxylic acids is 1. The number of amides is 1. The van der Waals surface area contributed by atoms with Crippen molar-refractivity contribution in [2.24, 2.45) is 0 Å². The van der Waals surface area contributed by atoms with Gasteiger partial charge in [-0.25, -0.2) is 4.79 Å². The summed E-state index contributed by atoms with van der Waals surface area (Å²) < 4.78 is 0. The molecule has 2 N–H and O–H groups in total. The number of benzene rings is 1. The van der Waals surface area contributed by atoms with Crippen LogP contribution < -0.4 is 5.32 Å². The molecule has 0 saturated carbocycles. The Morgan fingerprint density at radius 2 is 1.90 bits per heavy atom. The monoisotopic (exact) mass is 291 g/mol. The van der Waals surface area contributed by atoms with Crippen molar-refractivity contribution in [2.45, 2.75) is 13.8 Å². The molecular weight excluding hydrogens is 274 g/mol. The SMILES string of the molecule is C#CCSCCNC(=O)c1c(C)ccc(C)c1C(=O)O. The van der Waals surface area contributed by atoms with Gasteiger partial charge in [-0.05, 0) is 25.0 Å². The standard InChI is InChI=1S/C15H17NO3S/c1-4-8-20-9-7-16-14(17)12-10(2)5-6-11(3)13(12)15(18)19/h1,5-6H,7-9H2,2-3H3,(H,16,17)(H,18,19). The van der Waals surface area contributed by atoms with Gasteiger partial charge >= 0.3 is 5.97 Å². The van der Waals surface area contributed by atoms with Gasteiger partial charge in [0.25, 0.3) is 5.91 Å². The molecular formula is C15H17NO3S. The zero-order valence-electron chi connectivity index (χ0n) is 11.5. The van der Waals surface area contributed by atoms with Crippen molar-refractivity contribution in [2.75, 3.05) is 18.1 Å². The summed E-state index contributed by atoms with van der Waals surface area (Å²) in [6.45, 7) is 3.87. The highest BCUT2D eigenvalue weighted by atomic mass is 32.2. The van der Waals surface area contributed by atoms with Crippen LogP contribution in [-0.4, -0.2) is 35.0 Å². The van der Waals surface area contributed by atoms with E-state index < -0.39 is 5.97 Å². The Labute approximate surface area is 123 Å². The van der Waals surface area contributed by atoms with Crippen LogP contribution in [0.1, 0.15) is 31.8 Å². The zero-order chi connectivity index (χ0) is 15.1. The van der Waals surface area contributed by atoms with Crippen LogP contribution in [0.2, 0.25) is 0 Å². The molecule has 0 aliphatic heterocycles. The van der Waals surface area contributed by atoms with Crippen molar-refractivity contribution in [3.8, 4) is 12.3 Å². The van der Waals surface area contributed by atoms with Crippen molar-refractivity contribution in [1.29, 1.82) is 0 Å². The second-order valence-corrected chi connectivity index (χ2v) is 5.37. The van der Waals surface area contributed by atoms with Crippen LogP contribution in [-0.2, 0) is 0 Å². The number of carbonyl (C=O) groups is 2. The molecule has 0 aliphatic carbocycles. The molecule has 5 heteroatoms. The summed E-state index contributed by atoms with van der Waals surface area (Å²) >= 11 is 1.54. The summed E-state index contributed by atoms with van der Waals surface area (Å²) in [6.07, 6.45) is 5.13. The van der Waals surface area contributed by atoms with Gasteiger partial charge in [0, 0.05) is 12.3 Å². The second-order valence-electron chi connectivity index (χ2n) is 4.27. The Morgan fingerprint density at radius 3 is 2.45 bits per heavy atom. The van der Waals surface area contributed by atoms with Crippen molar-refractivity contribution in [3.05, 3.63) is 34.4 Å². The predicted molar refractivity (Wildman–Crippen MR) is 81.4 cm³/mol. The quantitative estimate of drug-likeness (QED) is 0.622. The number of carboxylic acid groups (broad SMARTS) is 1. The third kappa shape index (κ3) is 4.04. The number of thioether (sulfide) groups is 1. The Morgan fingerprint density at radius 1 is 1.30 bits per heavy atom. The van der Waals surface area contributed by atoms with Gasteiger partial charge in [0.15, 0.2) is 0 Å². The Bertz CT molecular complexity index is 561. The number of nitrogens with one attached hydrogen (secondary N) is 1. The van der Waals surface area contributed by atoms with Crippen molar-refractivity contribution < 1.29 is 14.7 Å². The maximum absolute atomic E-state index is 12.2. The van der Waals surface area contributed by atoms with Crippen molar-refractivity contribution >= 4 is 23.6 Å². The molecule has 0 aromatic heterocycles. The highest BCUT2D eigenvalue weighted by Gasteiger charge is 2.20. The summed E-state index contributed by atoms with van der Waals surface area (Å²) in [4.78, 5) is 23.5. The molecule has 0 heterocycles. The minimum atomic E-state index is -1.09. The van der Waals surface area contributed by atoms with E-state index in [9.17, 15) is 14.7 Å². The van der Waals surface area contributed by atoms with Crippen LogP contribution >= 0.6 is 11.8 Å². The lowest BCUT2D eigenvalue weighted by Gasteiger charge is -2.12. The van der Waals surface area contributed by atoms with E-state index in [0.29, 0.717) is 29.2 Å². The first kappa shape index (κ1) is 16.1. The largest absolute Gasteiger partial charge is 0.478 e. The fourth-order valence-electron chi connectivity index (χ4n) is 1.84. The summed E-state index contributed by atoms with van der Waals surface area (Å²) in [5.74, 6) is 2.35. The Kier molecular flexibility index (Phi) is 6.13. The van der Waals surface area contributed by atoms with Gasteiger partial charge < -0.3 is 10.4 Å². The summed E-state index contributed by atoms with van der Waals surface area (Å²) in [5, 5.41) is 12.0. The Hall–Kier alpha value is -1.93. The lowest BCUT2D eigenvalue weighted by Crippen LogP contribution is -2.28. The van der Waals surface area contributed by atoms with E-state index in [1.807, 2.05) is 0 Å². The van der Waals surface area contributed by atoms with E-state index in [2.05, 4.69) is 11.2 Å². The second kappa shape index (κ2) is 7.61. The average molecular weight is 291 g/mol. The topological polar surface area (TPSA) is 66.4 Å². The number of hydrogen-bond acceptors (Lipinski definition) is 3. The molecule has 106 valence electrons. The molecule has 1 aromatic rings. The van der Waals surface area contributed by atoms with Crippen LogP contribution in [0, 0.1) is 26.2 Å². The molecule has 0 atom stereocenters. The third-order valence-electron chi connectivity index (χ3n) is 2.78. The minimum absolute atomic E-state index is 0.0683. The summed E-state index contributed by atoms with van der Waals surface area (Å²) in [5.41, 5.74) is 1.54. The van der Waals surface area contributed by atoms with Gasteiger partial charge in [0.05, 0.1) is 16.9 Å². The molecule has 1 aromatic carbocycles. The van der Waals surface area contributed by atoms with E-state index in [1.165, 1.54) is 0 Å². The maximum Gasteiger partial charge on any atom is 0.336 e. The lowest BCUT2D eigenvalue weighted by molar-refractivity contribution is 0.0690. The highest BCUT2D eigenvalue weighted by Crippen LogP contribution is 2.18. The van der Waals surface area contributed by atoms with Crippen molar-refractivity contribution in [3.63, 3.8) is 0 Å². The van der Waals surface area contributed by atoms with Crippen LogP contribution in [0.3, 0.4) is 0 Å². The normalized spacial score (nSPS) is 9.85. The first-order valence-corrected chi connectivity index (χ1v) is 7.27. The third-order valence-corrected chi connectivity index (χ3v) is 3.64. The number of carboxylic acids is 1. The Balaban J connectivity index is 2.85. The molecule has 0 unspecified atom stereocenters. The summed E-state index contributed by atoms with van der Waals surface area (Å²) in [7, 11) is 0. The van der Waals surface area contributed by atoms with E-state index in [4.69, 9.17) is 6.42 Å². The lowest BCUT2D eigenvalue weighted by atomic mass is 9.96. The van der Waals surface area contributed by atoms with Crippen LogP contribution in [0.4, 0.5) is 0 Å². The zero-order valence-corrected chi connectivity index (χ0v) is 12.3. The van der Waals surface area contributed by atoms with Crippen molar-refractivity contribution in [1.82, 2.24) is 5.32 Å². The molecule has 4 nitrogen and oxygen atoms in total. The number of terminal acetylenes is 1. The first-order chi connectivity index (χ1) is 9.49. The molecule has 0 bridgehead atoms. The highest BCUT2D eigenvalue weighted by molar-refractivity contribution is 7.99. The van der Waals surface area contributed by atoms with Gasteiger partial charge in [-0.2, -0.15) is 0 Å². The maximum atomic E-state index is 12.2. The van der Waals surface area contributed by atoms with Crippen LogP contribution in [0.5, 0.6) is 0 Å². The molecule has 1 rings (SSSR count). The van der Waals surface area contributed by atoms with Crippen LogP contribution in [0.25, 0.3) is 0 Å². The van der Waals surface area contributed by atoms with Crippen LogP contribution in [0.15, 0.2) is 12.1 Å². The average Bonchev–Trinajstić information content (AvgIpc) is 2.40. The minimum Gasteiger partial charge on any atom is -0.478 e. The van der Waals surface area contributed by atoms with Gasteiger partial charge in [-0.3, -0.25) is 4.79 Å². The molecule has 0 saturated heterocycles. The summed E-state index contributed by atoms with van der Waals surface area (Å²) in [6, 6.07) is 3.46. The van der Waals surface area contributed by atoms with E-state index in [0.717, 1.165) is 0 Å².